The van der Waals surface area contributed by atoms with Gasteiger partial charge in [-0.3, -0.25) is 9.59 Å². The summed E-state index contributed by atoms with van der Waals surface area (Å²) in [6.07, 6.45) is 1.50. The predicted molar refractivity (Wildman–Crippen MR) is 123 cm³/mol. The summed E-state index contributed by atoms with van der Waals surface area (Å²) < 4.78 is 10.4. The number of amides is 2. The first-order chi connectivity index (χ1) is 16.0. The highest BCUT2D eigenvalue weighted by Gasteiger charge is 2.19. The minimum absolute atomic E-state index is 0.127. The fourth-order valence-electron chi connectivity index (χ4n) is 3.08. The van der Waals surface area contributed by atoms with Gasteiger partial charge >= 0.3 is 5.97 Å². The van der Waals surface area contributed by atoms with Gasteiger partial charge in [-0.1, -0.05) is 42.5 Å². The van der Waals surface area contributed by atoms with Crippen molar-refractivity contribution in [3.63, 3.8) is 0 Å². The molecule has 1 atom stereocenters. The fourth-order valence-corrected chi connectivity index (χ4v) is 3.08. The van der Waals surface area contributed by atoms with Crippen molar-refractivity contribution in [2.75, 3.05) is 18.5 Å². The van der Waals surface area contributed by atoms with Gasteiger partial charge in [0, 0.05) is 6.20 Å². The van der Waals surface area contributed by atoms with Gasteiger partial charge in [0.25, 0.3) is 11.8 Å². The topological polar surface area (TPSA) is 107 Å². The van der Waals surface area contributed by atoms with Gasteiger partial charge < -0.3 is 20.1 Å². The zero-order chi connectivity index (χ0) is 23.6. The normalized spacial score (nSPS) is 11.2. The molecule has 0 radical (unpaired) electrons. The maximum atomic E-state index is 12.8. The van der Waals surface area contributed by atoms with Crippen molar-refractivity contribution < 1.29 is 23.9 Å². The summed E-state index contributed by atoms with van der Waals surface area (Å²) in [7, 11) is 0. The molecule has 0 aliphatic rings. The molecule has 1 aromatic heterocycles. The third-order valence-corrected chi connectivity index (χ3v) is 4.70. The molecule has 33 heavy (non-hydrogen) atoms. The lowest BCUT2D eigenvalue weighted by Gasteiger charge is -2.16. The van der Waals surface area contributed by atoms with E-state index in [0.717, 1.165) is 5.56 Å². The van der Waals surface area contributed by atoms with Crippen LogP contribution >= 0.6 is 0 Å². The lowest BCUT2D eigenvalue weighted by Crippen LogP contribution is -2.28. The van der Waals surface area contributed by atoms with Crippen molar-refractivity contribution in [2.45, 2.75) is 19.9 Å². The first-order valence-electron chi connectivity index (χ1n) is 10.5. The van der Waals surface area contributed by atoms with Crippen molar-refractivity contribution in [1.29, 1.82) is 0 Å². The molecule has 0 bridgehead atoms. The number of pyridine rings is 1. The molecule has 0 aliphatic carbocycles. The summed E-state index contributed by atoms with van der Waals surface area (Å²) in [6.45, 7) is 3.45. The molecule has 170 valence electrons. The Morgan fingerprint density at radius 3 is 2.39 bits per heavy atom. The van der Waals surface area contributed by atoms with Crippen LogP contribution in [0.25, 0.3) is 0 Å². The quantitative estimate of drug-likeness (QED) is 0.484. The zero-order valence-electron chi connectivity index (χ0n) is 18.4. The van der Waals surface area contributed by atoms with Crippen molar-refractivity contribution in [3.8, 4) is 5.88 Å². The van der Waals surface area contributed by atoms with Crippen molar-refractivity contribution in [3.05, 3.63) is 89.6 Å². The van der Waals surface area contributed by atoms with Crippen molar-refractivity contribution in [1.82, 2.24) is 10.3 Å². The van der Waals surface area contributed by atoms with Gasteiger partial charge in [-0.15, -0.1) is 0 Å². The van der Waals surface area contributed by atoms with Crippen molar-refractivity contribution in [2.24, 2.45) is 0 Å². The highest BCUT2D eigenvalue weighted by Crippen LogP contribution is 2.19. The van der Waals surface area contributed by atoms with Gasteiger partial charge in [0.05, 0.1) is 23.9 Å². The van der Waals surface area contributed by atoms with Crippen LogP contribution in [0.2, 0.25) is 0 Å². The number of hydrogen-bond donors (Lipinski definition) is 2. The monoisotopic (exact) mass is 447 g/mol. The average molecular weight is 447 g/mol. The van der Waals surface area contributed by atoms with Gasteiger partial charge in [0.1, 0.15) is 5.56 Å². The Hall–Kier alpha value is -4.20. The average Bonchev–Trinajstić information content (AvgIpc) is 2.84. The molecular weight excluding hydrogens is 422 g/mol. The highest BCUT2D eigenvalue weighted by atomic mass is 16.5. The van der Waals surface area contributed by atoms with Crippen LogP contribution in [0, 0.1) is 0 Å². The van der Waals surface area contributed by atoms with E-state index in [1.807, 2.05) is 37.3 Å². The third-order valence-electron chi connectivity index (χ3n) is 4.70. The Morgan fingerprint density at radius 2 is 1.64 bits per heavy atom. The van der Waals surface area contributed by atoms with Crippen LogP contribution in [0.1, 0.15) is 46.2 Å². The smallest absolute Gasteiger partial charge is 0.344 e. The first kappa shape index (κ1) is 23.5. The molecule has 2 N–H and O–H groups in total. The maximum Gasteiger partial charge on any atom is 0.344 e. The number of esters is 1. The van der Waals surface area contributed by atoms with Gasteiger partial charge in [-0.25, -0.2) is 9.78 Å². The number of carbonyl (C=O) groups excluding carboxylic acids is 3. The second-order valence-corrected chi connectivity index (χ2v) is 7.06. The molecular formula is C25H25N3O5. The number of carbonyl (C=O) groups is 3. The van der Waals surface area contributed by atoms with Crippen LogP contribution in [0.15, 0.2) is 72.9 Å². The minimum Gasteiger partial charge on any atom is -0.477 e. The summed E-state index contributed by atoms with van der Waals surface area (Å²) in [6, 6.07) is 19.0. The second-order valence-electron chi connectivity index (χ2n) is 7.06. The number of nitrogens with zero attached hydrogens (tertiary/aromatic N) is 1. The zero-order valence-corrected chi connectivity index (χ0v) is 18.4. The molecule has 3 rings (SSSR count). The van der Waals surface area contributed by atoms with Crippen LogP contribution in [-0.2, 0) is 9.53 Å². The molecule has 0 saturated carbocycles. The van der Waals surface area contributed by atoms with Gasteiger partial charge in [-0.05, 0) is 43.7 Å². The Bertz CT molecular complexity index is 1120. The Kier molecular flexibility index (Phi) is 8.13. The molecule has 8 nitrogen and oxygen atoms in total. The SMILES string of the molecule is CCOc1ncccc1C(=O)OCC(=O)Nc1ccccc1C(=O)N[C@H](C)c1ccccc1. The molecule has 0 unspecified atom stereocenters. The standard InChI is InChI=1S/C25H25N3O5/c1-3-32-24-20(13-9-15-26-24)25(31)33-16-22(29)28-21-14-8-7-12-19(21)23(30)27-17(2)18-10-5-4-6-11-18/h4-15,17H,3,16H2,1-2H3,(H,27,30)(H,28,29)/t17-/m1/s1. The van der Waals surface area contributed by atoms with E-state index in [1.165, 1.54) is 12.3 Å². The molecule has 1 heterocycles. The number of rotatable bonds is 9. The lowest BCUT2D eigenvalue weighted by molar-refractivity contribution is -0.119. The van der Waals surface area contributed by atoms with Crippen LogP contribution in [0.5, 0.6) is 5.88 Å². The Balaban J connectivity index is 1.62. The summed E-state index contributed by atoms with van der Waals surface area (Å²) in [5.74, 6) is -1.51. The minimum atomic E-state index is -0.732. The number of hydrogen-bond acceptors (Lipinski definition) is 6. The summed E-state index contributed by atoms with van der Waals surface area (Å²) >= 11 is 0. The molecule has 0 spiro atoms. The molecule has 2 aromatic carbocycles. The van der Waals surface area contributed by atoms with E-state index in [1.54, 1.807) is 37.3 Å². The number of ether oxygens (including phenoxy) is 2. The van der Waals surface area contributed by atoms with E-state index in [-0.39, 0.29) is 23.4 Å². The summed E-state index contributed by atoms with van der Waals surface area (Å²) in [5.41, 5.74) is 1.70. The molecule has 2 amide bonds. The van der Waals surface area contributed by atoms with E-state index in [0.29, 0.717) is 17.9 Å². The van der Waals surface area contributed by atoms with E-state index in [2.05, 4.69) is 15.6 Å². The fraction of sp³-hybridized carbons (Fsp3) is 0.200. The van der Waals surface area contributed by atoms with Gasteiger partial charge in [-0.2, -0.15) is 0 Å². The first-order valence-corrected chi connectivity index (χ1v) is 10.5. The lowest BCUT2D eigenvalue weighted by atomic mass is 10.1. The van der Waals surface area contributed by atoms with Crippen LogP contribution in [-0.4, -0.2) is 36.0 Å². The van der Waals surface area contributed by atoms with E-state index < -0.39 is 18.5 Å². The second kappa shape index (κ2) is 11.4. The molecule has 0 saturated heterocycles. The largest absolute Gasteiger partial charge is 0.477 e. The molecule has 0 fully saturated rings. The Labute approximate surface area is 191 Å². The van der Waals surface area contributed by atoms with Gasteiger partial charge in [0.15, 0.2) is 6.61 Å². The molecule has 3 aromatic rings. The van der Waals surface area contributed by atoms with Crippen molar-refractivity contribution >= 4 is 23.5 Å². The number of aromatic nitrogens is 1. The third kappa shape index (κ3) is 6.39. The number of benzene rings is 2. The van der Waals surface area contributed by atoms with Gasteiger partial charge in [0.2, 0.25) is 5.88 Å². The number of anilines is 1. The molecule has 8 heteroatoms. The van der Waals surface area contributed by atoms with Crippen LogP contribution in [0.4, 0.5) is 5.69 Å². The van der Waals surface area contributed by atoms with E-state index in [9.17, 15) is 14.4 Å². The Morgan fingerprint density at radius 1 is 0.939 bits per heavy atom. The van der Waals surface area contributed by atoms with Crippen LogP contribution in [0.3, 0.4) is 0 Å². The number of para-hydroxylation sites is 1. The predicted octanol–water partition coefficient (Wildman–Crippen LogP) is 3.77. The summed E-state index contributed by atoms with van der Waals surface area (Å²) in [5, 5.41) is 5.55. The molecule has 0 aliphatic heterocycles. The van der Waals surface area contributed by atoms with E-state index in [4.69, 9.17) is 9.47 Å². The maximum absolute atomic E-state index is 12.8. The highest BCUT2D eigenvalue weighted by molar-refractivity contribution is 6.04. The number of nitrogens with one attached hydrogen (secondary N) is 2. The summed E-state index contributed by atoms with van der Waals surface area (Å²) in [4.78, 5) is 41.6. The van der Waals surface area contributed by atoms with Crippen LogP contribution < -0.4 is 15.4 Å². The van der Waals surface area contributed by atoms with E-state index >= 15 is 0 Å².